The zero-order chi connectivity index (χ0) is 10.1. The van der Waals surface area contributed by atoms with Crippen molar-refractivity contribution < 1.29 is 9.72 Å². The molecule has 5 heteroatoms. The highest BCUT2D eigenvalue weighted by Crippen LogP contribution is 2.38. The van der Waals surface area contributed by atoms with E-state index >= 15 is 0 Å². The Morgan fingerprint density at radius 1 is 1.77 bits per heavy atom. The van der Waals surface area contributed by atoms with E-state index in [0.29, 0.717) is 11.9 Å². The fourth-order valence-electron chi connectivity index (χ4n) is 1.23. The summed E-state index contributed by atoms with van der Waals surface area (Å²) in [6.45, 7) is 1.62. The highest BCUT2D eigenvalue weighted by atomic mass is 79.9. The van der Waals surface area contributed by atoms with Crippen LogP contribution in [0.3, 0.4) is 0 Å². The van der Waals surface area contributed by atoms with Crippen LogP contribution in [-0.2, 0) is 4.79 Å². The molecule has 1 aliphatic rings. The predicted octanol–water partition coefficient (Wildman–Crippen LogP) is 1.69. The molecule has 1 rings (SSSR count). The summed E-state index contributed by atoms with van der Waals surface area (Å²) in [5.41, 5.74) is 0.525. The monoisotopic (exact) mass is 245 g/mol. The Labute approximate surface area is 83.6 Å². The van der Waals surface area contributed by atoms with Gasteiger partial charge in [-0.15, -0.1) is 0 Å². The smallest absolute Gasteiger partial charge is 0.302 e. The van der Waals surface area contributed by atoms with Gasteiger partial charge in [-0.2, -0.15) is 0 Å². The number of allylic oxidation sites excluding steroid dienone is 2. The van der Waals surface area contributed by atoms with Crippen molar-refractivity contribution in [1.82, 2.24) is 0 Å². The van der Waals surface area contributed by atoms with Crippen molar-refractivity contribution in [3.63, 3.8) is 0 Å². The second kappa shape index (κ2) is 3.41. The van der Waals surface area contributed by atoms with Crippen LogP contribution in [-0.4, -0.2) is 15.7 Å². The average Bonchev–Trinajstić information content (AvgIpc) is 2.09. The van der Waals surface area contributed by atoms with Gasteiger partial charge in [0.05, 0.1) is 0 Å². The summed E-state index contributed by atoms with van der Waals surface area (Å²) in [7, 11) is 0. The molecule has 4 nitrogen and oxygen atoms in total. The van der Waals surface area contributed by atoms with E-state index < -0.39 is 15.3 Å². The SMILES string of the molecule is CC1=CC=CC(C=O)C1(Br)[N+](=O)[O-]. The lowest BCUT2D eigenvalue weighted by atomic mass is 9.91. The first-order valence-corrected chi connectivity index (χ1v) is 4.47. The number of hydrogen-bond donors (Lipinski definition) is 0. The Hall–Kier alpha value is -0.970. The molecule has 0 radical (unpaired) electrons. The molecule has 0 aromatic carbocycles. The third-order valence-corrected chi connectivity index (χ3v) is 3.52. The summed E-state index contributed by atoms with van der Waals surface area (Å²) in [5, 5.41) is 10.8. The maximum atomic E-state index is 10.8. The summed E-state index contributed by atoms with van der Waals surface area (Å²) in [5.74, 6) is -0.743. The Morgan fingerprint density at radius 2 is 2.38 bits per heavy atom. The van der Waals surface area contributed by atoms with E-state index in [4.69, 9.17) is 0 Å². The van der Waals surface area contributed by atoms with Gasteiger partial charge < -0.3 is 4.79 Å². The largest absolute Gasteiger partial charge is 0.308 e. The predicted molar refractivity (Wildman–Crippen MR) is 51.1 cm³/mol. The first kappa shape index (κ1) is 10.1. The number of nitrogens with zero attached hydrogens (tertiary/aromatic N) is 1. The van der Waals surface area contributed by atoms with Gasteiger partial charge in [-0.3, -0.25) is 10.1 Å². The standard InChI is InChI=1S/C8H8BrNO3/c1-6-3-2-4-7(5-11)8(6,9)10(12)13/h2-5,7H,1H3. The van der Waals surface area contributed by atoms with Gasteiger partial charge in [-0.05, 0) is 6.92 Å². The van der Waals surface area contributed by atoms with Crippen LogP contribution in [0, 0.1) is 16.0 Å². The highest BCUT2D eigenvalue weighted by molar-refractivity contribution is 9.10. The van der Waals surface area contributed by atoms with E-state index in [0.717, 1.165) is 0 Å². The second-order valence-electron chi connectivity index (χ2n) is 2.83. The Bertz CT molecular complexity index is 311. The topological polar surface area (TPSA) is 60.2 Å². The van der Waals surface area contributed by atoms with E-state index in [1.165, 1.54) is 6.08 Å². The molecule has 0 bridgehead atoms. The molecule has 0 aromatic heterocycles. The summed E-state index contributed by atoms with van der Waals surface area (Å²) >= 11 is 3.00. The van der Waals surface area contributed by atoms with Crippen LogP contribution in [0.15, 0.2) is 23.8 Å². The van der Waals surface area contributed by atoms with Gasteiger partial charge >= 0.3 is 4.45 Å². The fraction of sp³-hybridized carbons (Fsp3) is 0.375. The van der Waals surface area contributed by atoms with Crippen molar-refractivity contribution in [2.45, 2.75) is 11.4 Å². The van der Waals surface area contributed by atoms with Gasteiger partial charge in [0.25, 0.3) is 0 Å². The average molecular weight is 246 g/mol. The van der Waals surface area contributed by atoms with Gasteiger partial charge in [0.15, 0.2) is 0 Å². The third-order valence-electron chi connectivity index (χ3n) is 2.07. The number of alkyl halides is 1. The molecule has 0 aromatic rings. The van der Waals surface area contributed by atoms with Crippen LogP contribution < -0.4 is 0 Å². The molecule has 70 valence electrons. The van der Waals surface area contributed by atoms with E-state index in [2.05, 4.69) is 15.9 Å². The third kappa shape index (κ3) is 1.44. The molecular weight excluding hydrogens is 238 g/mol. The Morgan fingerprint density at radius 3 is 2.77 bits per heavy atom. The van der Waals surface area contributed by atoms with Crippen molar-refractivity contribution in [2.75, 3.05) is 0 Å². The van der Waals surface area contributed by atoms with Gasteiger partial charge in [-0.25, -0.2) is 0 Å². The first-order valence-electron chi connectivity index (χ1n) is 3.67. The molecule has 2 unspecified atom stereocenters. The van der Waals surface area contributed by atoms with E-state index in [1.54, 1.807) is 19.1 Å². The minimum absolute atomic E-state index is 0.485. The number of carbonyl (C=O) groups excluding carboxylic acids is 1. The number of rotatable bonds is 2. The zero-order valence-electron chi connectivity index (χ0n) is 6.94. The molecule has 0 saturated carbocycles. The number of carbonyl (C=O) groups is 1. The molecule has 0 heterocycles. The number of nitro groups is 1. The molecule has 0 N–H and O–H groups in total. The summed E-state index contributed by atoms with van der Waals surface area (Å²) in [6.07, 6.45) is 5.36. The van der Waals surface area contributed by atoms with Crippen LogP contribution in [0.1, 0.15) is 6.92 Å². The quantitative estimate of drug-likeness (QED) is 0.245. The molecule has 2 atom stereocenters. The van der Waals surface area contributed by atoms with Crippen LogP contribution in [0.4, 0.5) is 0 Å². The maximum absolute atomic E-state index is 10.8. The molecule has 0 saturated heterocycles. The summed E-state index contributed by atoms with van der Waals surface area (Å²) in [4.78, 5) is 20.9. The highest BCUT2D eigenvalue weighted by Gasteiger charge is 2.49. The lowest BCUT2D eigenvalue weighted by molar-refractivity contribution is -0.529. The van der Waals surface area contributed by atoms with Gasteiger partial charge in [-0.1, -0.05) is 18.2 Å². The van der Waals surface area contributed by atoms with Gasteiger partial charge in [0.1, 0.15) is 12.2 Å². The van der Waals surface area contributed by atoms with Crippen molar-refractivity contribution >= 4 is 22.2 Å². The Balaban J connectivity index is 3.17. The van der Waals surface area contributed by atoms with E-state index in [-0.39, 0.29) is 0 Å². The molecule has 0 aliphatic heterocycles. The molecular formula is C8H8BrNO3. The zero-order valence-corrected chi connectivity index (χ0v) is 8.52. The molecule has 1 aliphatic carbocycles. The van der Waals surface area contributed by atoms with Crippen molar-refractivity contribution in [3.8, 4) is 0 Å². The van der Waals surface area contributed by atoms with Crippen LogP contribution >= 0.6 is 15.9 Å². The van der Waals surface area contributed by atoms with Crippen molar-refractivity contribution in [2.24, 2.45) is 5.92 Å². The lowest BCUT2D eigenvalue weighted by Crippen LogP contribution is -2.41. The Kier molecular flexibility index (Phi) is 2.66. The maximum Gasteiger partial charge on any atom is 0.308 e. The van der Waals surface area contributed by atoms with Crippen molar-refractivity contribution in [3.05, 3.63) is 33.9 Å². The number of aldehydes is 1. The fourth-order valence-corrected chi connectivity index (χ4v) is 1.62. The molecule has 0 spiro atoms. The summed E-state index contributed by atoms with van der Waals surface area (Å²) in [6, 6.07) is 0. The van der Waals surface area contributed by atoms with E-state index in [1.807, 2.05) is 0 Å². The minimum atomic E-state index is -1.45. The summed E-state index contributed by atoms with van der Waals surface area (Å²) < 4.78 is -1.45. The first-order chi connectivity index (χ1) is 6.03. The van der Waals surface area contributed by atoms with Gasteiger partial charge in [0, 0.05) is 26.4 Å². The van der Waals surface area contributed by atoms with Crippen LogP contribution in [0.5, 0.6) is 0 Å². The van der Waals surface area contributed by atoms with Crippen molar-refractivity contribution in [1.29, 1.82) is 0 Å². The normalized spacial score (nSPS) is 32.5. The minimum Gasteiger partial charge on any atom is -0.302 e. The van der Waals surface area contributed by atoms with Gasteiger partial charge in [0.2, 0.25) is 0 Å². The number of hydrogen-bond acceptors (Lipinski definition) is 3. The molecule has 0 amide bonds. The molecule has 0 fully saturated rings. The molecule has 13 heavy (non-hydrogen) atoms. The number of halogens is 1. The van der Waals surface area contributed by atoms with Crippen LogP contribution in [0.2, 0.25) is 0 Å². The second-order valence-corrected chi connectivity index (χ2v) is 4.04. The van der Waals surface area contributed by atoms with E-state index in [9.17, 15) is 14.9 Å². The van der Waals surface area contributed by atoms with Crippen LogP contribution in [0.25, 0.3) is 0 Å². The lowest BCUT2D eigenvalue weighted by Gasteiger charge is -2.25.